The number of anilines is 1. The molecule has 1 aromatic carbocycles. The van der Waals surface area contributed by atoms with Gasteiger partial charge in [0.15, 0.2) is 5.78 Å². The van der Waals surface area contributed by atoms with Crippen LogP contribution in [0, 0.1) is 11.3 Å². The van der Waals surface area contributed by atoms with Crippen molar-refractivity contribution in [2.45, 2.75) is 13.3 Å². The van der Waals surface area contributed by atoms with Crippen molar-refractivity contribution < 1.29 is 9.53 Å². The van der Waals surface area contributed by atoms with Gasteiger partial charge in [0, 0.05) is 31.5 Å². The number of Topliss-reactive ketones (excluding diaryl/α,β-unsaturated/α-hetero) is 1. The number of nitrogens with zero attached hydrogens (tertiary/aromatic N) is 2. The fourth-order valence-corrected chi connectivity index (χ4v) is 2.05. The van der Waals surface area contributed by atoms with Crippen molar-refractivity contribution in [3.05, 3.63) is 28.8 Å². The number of hydrogen-bond donors (Lipinski definition) is 0. The summed E-state index contributed by atoms with van der Waals surface area (Å²) in [6, 6.07) is 7.43. The minimum absolute atomic E-state index is 0.0583. The maximum atomic E-state index is 11.3. The van der Waals surface area contributed by atoms with E-state index < -0.39 is 0 Å². The van der Waals surface area contributed by atoms with Crippen LogP contribution in [0.3, 0.4) is 0 Å². The molecule has 0 heterocycles. The summed E-state index contributed by atoms with van der Waals surface area (Å²) in [6.45, 7) is 3.33. The van der Waals surface area contributed by atoms with Crippen LogP contribution in [0.4, 0.5) is 5.69 Å². The van der Waals surface area contributed by atoms with E-state index in [9.17, 15) is 4.79 Å². The Morgan fingerprint density at radius 1 is 1.47 bits per heavy atom. The fraction of sp³-hybridized carbons (Fsp3) is 0.429. The number of halogens is 1. The Bertz CT molecular complexity index is 483. The maximum absolute atomic E-state index is 11.3. The Morgan fingerprint density at radius 2 is 2.21 bits per heavy atom. The average molecular weight is 281 g/mol. The molecule has 4 nitrogen and oxygen atoms in total. The molecule has 0 unspecified atom stereocenters. The maximum Gasteiger partial charge on any atom is 0.161 e. The number of benzene rings is 1. The molecule has 0 amide bonds. The zero-order valence-corrected chi connectivity index (χ0v) is 11.9. The van der Waals surface area contributed by atoms with Crippen LogP contribution >= 0.6 is 11.6 Å². The number of ether oxygens (including phenoxy) is 1. The number of ketones is 1. The Kier molecular flexibility index (Phi) is 6.34. The van der Waals surface area contributed by atoms with E-state index in [4.69, 9.17) is 21.6 Å². The Hall–Kier alpha value is -1.57. The molecule has 0 N–H and O–H groups in total. The van der Waals surface area contributed by atoms with E-state index in [1.54, 1.807) is 19.2 Å². The van der Waals surface area contributed by atoms with Gasteiger partial charge in [0.05, 0.1) is 24.1 Å². The summed E-state index contributed by atoms with van der Waals surface area (Å²) in [5.41, 5.74) is 1.40. The minimum Gasteiger partial charge on any atom is -0.383 e. The molecule has 0 fully saturated rings. The molecule has 1 rings (SSSR count). The Labute approximate surface area is 118 Å². The first-order valence-electron chi connectivity index (χ1n) is 6.01. The molecule has 0 saturated carbocycles. The van der Waals surface area contributed by atoms with Gasteiger partial charge in [-0.25, -0.2) is 0 Å². The lowest BCUT2D eigenvalue weighted by atomic mass is 10.1. The standard InChI is InChI=1S/C14H17ClN2O2/c1-11(18)13-5-4-12(10-14(13)15)17(7-3-6-16)8-9-19-2/h4-5,10H,3,7-9H2,1-2H3. The summed E-state index contributed by atoms with van der Waals surface area (Å²) in [6.07, 6.45) is 0.426. The van der Waals surface area contributed by atoms with Crippen LogP contribution in [0.25, 0.3) is 0 Å². The van der Waals surface area contributed by atoms with Crippen molar-refractivity contribution in [1.29, 1.82) is 5.26 Å². The number of methoxy groups -OCH3 is 1. The first-order chi connectivity index (χ1) is 9.10. The zero-order chi connectivity index (χ0) is 14.3. The van der Waals surface area contributed by atoms with Crippen molar-refractivity contribution in [2.75, 3.05) is 31.7 Å². The second-order valence-electron chi connectivity index (χ2n) is 4.11. The van der Waals surface area contributed by atoms with Crippen LogP contribution in [-0.2, 0) is 4.74 Å². The molecule has 1 aromatic rings. The first kappa shape index (κ1) is 15.5. The van der Waals surface area contributed by atoms with Gasteiger partial charge >= 0.3 is 0 Å². The van der Waals surface area contributed by atoms with Gasteiger partial charge in [-0.2, -0.15) is 5.26 Å². The van der Waals surface area contributed by atoms with Crippen molar-refractivity contribution >= 4 is 23.1 Å². The Morgan fingerprint density at radius 3 is 2.74 bits per heavy atom. The second-order valence-corrected chi connectivity index (χ2v) is 4.52. The van der Waals surface area contributed by atoms with E-state index in [1.165, 1.54) is 6.92 Å². The normalized spacial score (nSPS) is 10.0. The van der Waals surface area contributed by atoms with Gasteiger partial charge in [-0.05, 0) is 25.1 Å². The van der Waals surface area contributed by atoms with E-state index in [-0.39, 0.29) is 5.78 Å². The molecule has 0 saturated heterocycles. The lowest BCUT2D eigenvalue weighted by Gasteiger charge is -2.24. The van der Waals surface area contributed by atoms with Gasteiger partial charge in [0.2, 0.25) is 0 Å². The minimum atomic E-state index is -0.0583. The molecule has 0 aromatic heterocycles. The molecule has 0 radical (unpaired) electrons. The van der Waals surface area contributed by atoms with Crippen molar-refractivity contribution in [3.63, 3.8) is 0 Å². The van der Waals surface area contributed by atoms with Gasteiger partial charge in [-0.3, -0.25) is 4.79 Å². The third kappa shape index (κ3) is 4.55. The monoisotopic (exact) mass is 280 g/mol. The van der Waals surface area contributed by atoms with E-state index in [2.05, 4.69) is 6.07 Å². The zero-order valence-electron chi connectivity index (χ0n) is 11.1. The van der Waals surface area contributed by atoms with Gasteiger partial charge in [-0.1, -0.05) is 11.6 Å². The highest BCUT2D eigenvalue weighted by atomic mass is 35.5. The lowest BCUT2D eigenvalue weighted by molar-refractivity contribution is 0.101. The summed E-state index contributed by atoms with van der Waals surface area (Å²) in [4.78, 5) is 13.3. The second kappa shape index (κ2) is 7.78. The SMILES string of the molecule is COCCN(CCC#N)c1ccc(C(C)=O)c(Cl)c1. The third-order valence-electron chi connectivity index (χ3n) is 2.76. The topological polar surface area (TPSA) is 53.3 Å². The van der Waals surface area contributed by atoms with Crippen LogP contribution in [0.2, 0.25) is 5.02 Å². The lowest BCUT2D eigenvalue weighted by Crippen LogP contribution is -2.28. The molecule has 0 spiro atoms. The van der Waals surface area contributed by atoms with Crippen molar-refractivity contribution in [1.82, 2.24) is 0 Å². The van der Waals surface area contributed by atoms with Gasteiger partial charge in [-0.15, -0.1) is 0 Å². The van der Waals surface area contributed by atoms with E-state index >= 15 is 0 Å². The number of rotatable bonds is 7. The van der Waals surface area contributed by atoms with Crippen LogP contribution in [-0.4, -0.2) is 32.6 Å². The Balaban J connectivity index is 2.92. The number of nitriles is 1. The van der Waals surface area contributed by atoms with Crippen LogP contribution < -0.4 is 4.90 Å². The highest BCUT2D eigenvalue weighted by Crippen LogP contribution is 2.24. The van der Waals surface area contributed by atoms with Gasteiger partial charge < -0.3 is 9.64 Å². The van der Waals surface area contributed by atoms with Gasteiger partial charge in [0.1, 0.15) is 0 Å². The highest BCUT2D eigenvalue weighted by molar-refractivity contribution is 6.34. The van der Waals surface area contributed by atoms with E-state index in [0.29, 0.717) is 36.7 Å². The van der Waals surface area contributed by atoms with Crippen molar-refractivity contribution in [2.24, 2.45) is 0 Å². The quantitative estimate of drug-likeness (QED) is 0.721. The molecule has 0 bridgehead atoms. The predicted molar refractivity (Wildman–Crippen MR) is 75.8 cm³/mol. The molecule has 5 heteroatoms. The number of carbonyl (C=O) groups is 1. The molecule has 0 aliphatic rings. The summed E-state index contributed by atoms with van der Waals surface area (Å²) in [7, 11) is 1.63. The molecule has 0 aliphatic heterocycles. The number of carbonyl (C=O) groups excluding carboxylic acids is 1. The van der Waals surface area contributed by atoms with Crippen LogP contribution in [0.5, 0.6) is 0 Å². The van der Waals surface area contributed by atoms with E-state index in [0.717, 1.165) is 5.69 Å². The molecule has 19 heavy (non-hydrogen) atoms. The largest absolute Gasteiger partial charge is 0.383 e. The summed E-state index contributed by atoms with van der Waals surface area (Å²) in [5, 5.41) is 9.11. The number of hydrogen-bond acceptors (Lipinski definition) is 4. The van der Waals surface area contributed by atoms with Crippen molar-refractivity contribution in [3.8, 4) is 6.07 Å². The highest BCUT2D eigenvalue weighted by Gasteiger charge is 2.10. The molecular formula is C14H17ClN2O2. The predicted octanol–water partition coefficient (Wildman–Crippen LogP) is 2.91. The van der Waals surface area contributed by atoms with E-state index in [1.807, 2.05) is 11.0 Å². The van der Waals surface area contributed by atoms with Crippen LogP contribution in [0.15, 0.2) is 18.2 Å². The molecule has 0 atom stereocenters. The van der Waals surface area contributed by atoms with Crippen LogP contribution in [0.1, 0.15) is 23.7 Å². The summed E-state index contributed by atoms with van der Waals surface area (Å²) in [5.74, 6) is -0.0583. The summed E-state index contributed by atoms with van der Waals surface area (Å²) < 4.78 is 5.05. The average Bonchev–Trinajstić information content (AvgIpc) is 2.38. The molecule has 102 valence electrons. The smallest absolute Gasteiger partial charge is 0.161 e. The molecule has 0 aliphatic carbocycles. The first-order valence-corrected chi connectivity index (χ1v) is 6.39. The third-order valence-corrected chi connectivity index (χ3v) is 3.07. The summed E-state index contributed by atoms with van der Waals surface area (Å²) >= 11 is 6.09. The van der Waals surface area contributed by atoms with Gasteiger partial charge in [0.25, 0.3) is 0 Å². The molecular weight excluding hydrogens is 264 g/mol. The fourth-order valence-electron chi connectivity index (χ4n) is 1.74.